The number of fused-ring (bicyclic) bond motifs is 8. The number of hydrogen-bond donors (Lipinski definition) is 0. The lowest BCUT2D eigenvalue weighted by Crippen LogP contribution is -2.00. The van der Waals surface area contributed by atoms with Crippen molar-refractivity contribution in [1.82, 2.24) is 19.9 Å². The van der Waals surface area contributed by atoms with E-state index in [0.717, 1.165) is 60.5 Å². The van der Waals surface area contributed by atoms with Gasteiger partial charge >= 0.3 is 0 Å². The molecule has 7 heteroatoms. The van der Waals surface area contributed by atoms with Crippen LogP contribution in [0.5, 0.6) is 0 Å². The molecular formula is C40H22N4O3. The van der Waals surface area contributed by atoms with Crippen molar-refractivity contribution in [3.8, 4) is 45.6 Å². The molecule has 0 spiro atoms. The Balaban J connectivity index is 1.19. The Bertz CT molecular complexity index is 2800. The highest BCUT2D eigenvalue weighted by Gasteiger charge is 2.21. The molecule has 10 rings (SSSR count). The molecule has 0 N–H and O–H groups in total. The minimum atomic E-state index is 0.509. The molecule has 0 saturated carbocycles. The summed E-state index contributed by atoms with van der Waals surface area (Å²) in [5.74, 6) is 2.20. The van der Waals surface area contributed by atoms with Crippen molar-refractivity contribution in [2.75, 3.05) is 0 Å². The van der Waals surface area contributed by atoms with Crippen molar-refractivity contribution in [2.24, 2.45) is 0 Å². The molecular weight excluding hydrogens is 584 g/mol. The molecule has 0 aliphatic heterocycles. The zero-order valence-corrected chi connectivity index (χ0v) is 24.7. The molecule has 47 heavy (non-hydrogen) atoms. The minimum Gasteiger partial charge on any atom is -0.456 e. The highest BCUT2D eigenvalue weighted by atomic mass is 16.4. The molecule has 10 aromatic rings. The molecule has 4 heterocycles. The highest BCUT2D eigenvalue weighted by molar-refractivity contribution is 6.18. The molecule has 6 aromatic carbocycles. The van der Waals surface area contributed by atoms with Gasteiger partial charge in [0.15, 0.2) is 23.1 Å². The third kappa shape index (κ3) is 4.07. The van der Waals surface area contributed by atoms with E-state index in [0.29, 0.717) is 40.1 Å². The number of aromatic nitrogens is 4. The fourth-order valence-corrected chi connectivity index (χ4v) is 6.36. The summed E-state index contributed by atoms with van der Waals surface area (Å²) in [7, 11) is 0. The first-order chi connectivity index (χ1) is 23.3. The highest BCUT2D eigenvalue weighted by Crippen LogP contribution is 2.40. The number of benzene rings is 6. The summed E-state index contributed by atoms with van der Waals surface area (Å²) in [6.07, 6.45) is 0. The Labute approximate surface area is 266 Å². The fourth-order valence-electron chi connectivity index (χ4n) is 6.36. The smallest absolute Gasteiger partial charge is 0.227 e. The number of furan rings is 2. The maximum absolute atomic E-state index is 6.55. The quantitative estimate of drug-likeness (QED) is 0.197. The molecule has 0 aliphatic rings. The van der Waals surface area contributed by atoms with E-state index in [1.54, 1.807) is 0 Å². The maximum Gasteiger partial charge on any atom is 0.227 e. The van der Waals surface area contributed by atoms with Gasteiger partial charge in [0.05, 0.1) is 10.9 Å². The molecule has 0 fully saturated rings. The Hall–Kier alpha value is -6.60. The Morgan fingerprint density at radius 2 is 1.06 bits per heavy atom. The van der Waals surface area contributed by atoms with Gasteiger partial charge in [-0.15, -0.1) is 0 Å². The molecule has 0 atom stereocenters. The average molecular weight is 607 g/mol. The number of nitrogens with zero attached hydrogens (tertiary/aromatic N) is 4. The van der Waals surface area contributed by atoms with Crippen LogP contribution < -0.4 is 0 Å². The molecule has 0 bridgehead atoms. The molecule has 0 radical (unpaired) electrons. The van der Waals surface area contributed by atoms with Gasteiger partial charge < -0.3 is 13.3 Å². The monoisotopic (exact) mass is 606 g/mol. The topological polar surface area (TPSA) is 91.0 Å². The largest absolute Gasteiger partial charge is 0.456 e. The van der Waals surface area contributed by atoms with Crippen molar-refractivity contribution in [3.05, 3.63) is 133 Å². The standard InChI is InChI=1S/C40H22N4O3/c1-3-10-23(11-4-1)37-42-38(25-18-20-32-29(22-25)26-14-7-8-17-31(26)45-32)44-39(43-37)28-16-9-15-27-34-33(46-35(27)28)21-19-30-36(34)47-40(41-30)24-12-5-2-6-13-24/h1-22H. The van der Waals surface area contributed by atoms with Crippen LogP contribution in [0.25, 0.3) is 101 Å². The summed E-state index contributed by atoms with van der Waals surface area (Å²) in [6.45, 7) is 0. The number of oxazole rings is 1. The molecule has 0 amide bonds. The summed E-state index contributed by atoms with van der Waals surface area (Å²) < 4.78 is 19.0. The number of hydrogen-bond acceptors (Lipinski definition) is 7. The van der Waals surface area contributed by atoms with Crippen molar-refractivity contribution < 1.29 is 13.3 Å². The molecule has 7 nitrogen and oxygen atoms in total. The van der Waals surface area contributed by atoms with E-state index in [2.05, 4.69) is 12.1 Å². The van der Waals surface area contributed by atoms with Crippen LogP contribution in [0.4, 0.5) is 0 Å². The Morgan fingerprint density at radius 1 is 0.383 bits per heavy atom. The van der Waals surface area contributed by atoms with Gasteiger partial charge in [0.25, 0.3) is 0 Å². The second-order valence-corrected chi connectivity index (χ2v) is 11.4. The van der Waals surface area contributed by atoms with Crippen molar-refractivity contribution in [1.29, 1.82) is 0 Å². The number of para-hydroxylation sites is 2. The van der Waals surface area contributed by atoms with E-state index in [1.807, 2.05) is 121 Å². The predicted molar refractivity (Wildman–Crippen MR) is 184 cm³/mol. The minimum absolute atomic E-state index is 0.509. The lowest BCUT2D eigenvalue weighted by Gasteiger charge is -2.09. The molecule has 0 saturated heterocycles. The zero-order valence-electron chi connectivity index (χ0n) is 24.7. The molecule has 220 valence electrons. The Morgan fingerprint density at radius 3 is 1.91 bits per heavy atom. The van der Waals surface area contributed by atoms with Gasteiger partial charge in [-0.2, -0.15) is 0 Å². The van der Waals surface area contributed by atoms with Crippen molar-refractivity contribution in [2.45, 2.75) is 0 Å². The Kier molecular flexibility index (Phi) is 5.44. The van der Waals surface area contributed by atoms with Gasteiger partial charge in [-0.3, -0.25) is 0 Å². The first-order valence-electron chi connectivity index (χ1n) is 15.3. The van der Waals surface area contributed by atoms with E-state index >= 15 is 0 Å². The van der Waals surface area contributed by atoms with E-state index < -0.39 is 0 Å². The van der Waals surface area contributed by atoms with Crippen LogP contribution in [-0.4, -0.2) is 19.9 Å². The summed E-state index contributed by atoms with van der Waals surface area (Å²) in [4.78, 5) is 19.8. The van der Waals surface area contributed by atoms with E-state index in [-0.39, 0.29) is 0 Å². The normalized spacial score (nSPS) is 11.8. The van der Waals surface area contributed by atoms with Gasteiger partial charge in [0.2, 0.25) is 5.89 Å². The zero-order chi connectivity index (χ0) is 30.9. The first kappa shape index (κ1) is 25.7. The van der Waals surface area contributed by atoms with Gasteiger partial charge in [0.1, 0.15) is 27.8 Å². The van der Waals surface area contributed by atoms with Crippen LogP contribution in [0, 0.1) is 0 Å². The van der Waals surface area contributed by atoms with Crippen LogP contribution >= 0.6 is 0 Å². The SMILES string of the molecule is c1ccc(-c2nc(-c3ccc4oc5ccccc5c4c3)nc(-c3cccc4c3oc3ccc5nc(-c6ccccc6)oc5c34)n2)cc1. The molecule has 0 aliphatic carbocycles. The van der Waals surface area contributed by atoms with Crippen LogP contribution in [0.1, 0.15) is 0 Å². The van der Waals surface area contributed by atoms with Crippen LogP contribution in [-0.2, 0) is 0 Å². The summed E-state index contributed by atoms with van der Waals surface area (Å²) in [5.41, 5.74) is 7.89. The van der Waals surface area contributed by atoms with Crippen molar-refractivity contribution in [3.63, 3.8) is 0 Å². The maximum atomic E-state index is 6.55. The second-order valence-electron chi connectivity index (χ2n) is 11.4. The molecule has 4 aromatic heterocycles. The van der Waals surface area contributed by atoms with Gasteiger partial charge in [0, 0.05) is 32.8 Å². The van der Waals surface area contributed by atoms with Gasteiger partial charge in [-0.1, -0.05) is 78.9 Å². The van der Waals surface area contributed by atoms with Crippen LogP contribution in [0.15, 0.2) is 147 Å². The van der Waals surface area contributed by atoms with Crippen LogP contribution in [0.3, 0.4) is 0 Å². The van der Waals surface area contributed by atoms with E-state index in [1.165, 1.54) is 0 Å². The van der Waals surface area contributed by atoms with Crippen LogP contribution in [0.2, 0.25) is 0 Å². The summed E-state index contributed by atoms with van der Waals surface area (Å²) in [5, 5.41) is 3.81. The number of rotatable bonds is 4. The van der Waals surface area contributed by atoms with Gasteiger partial charge in [-0.05, 0) is 54.6 Å². The summed E-state index contributed by atoms with van der Waals surface area (Å²) >= 11 is 0. The summed E-state index contributed by atoms with van der Waals surface area (Å²) in [6, 6.07) is 43.8. The predicted octanol–water partition coefficient (Wildman–Crippen LogP) is 10.5. The van der Waals surface area contributed by atoms with Crippen molar-refractivity contribution >= 4 is 55.0 Å². The van der Waals surface area contributed by atoms with Gasteiger partial charge in [-0.25, -0.2) is 19.9 Å². The van der Waals surface area contributed by atoms with E-state index in [9.17, 15) is 0 Å². The third-order valence-electron chi connectivity index (χ3n) is 8.58. The second kappa shape index (κ2) is 9.95. The lowest BCUT2D eigenvalue weighted by molar-refractivity contribution is 0.622. The molecule has 0 unspecified atom stereocenters. The average Bonchev–Trinajstić information content (AvgIpc) is 3.85. The third-order valence-corrected chi connectivity index (χ3v) is 8.58. The fraction of sp³-hybridized carbons (Fsp3) is 0. The lowest BCUT2D eigenvalue weighted by atomic mass is 10.1. The first-order valence-corrected chi connectivity index (χ1v) is 15.3. The van der Waals surface area contributed by atoms with E-state index in [4.69, 9.17) is 33.2 Å².